The Morgan fingerprint density at radius 1 is 1.18 bits per heavy atom. The molecule has 0 aliphatic carbocycles. The molecule has 1 aromatic rings. The Bertz CT molecular complexity index is 635. The topological polar surface area (TPSA) is 52.1 Å². The van der Waals surface area contributed by atoms with Gasteiger partial charge in [-0.3, -0.25) is 4.99 Å². The molecule has 6 heteroatoms. The molecule has 156 valence electrons. The van der Waals surface area contributed by atoms with Gasteiger partial charge in [-0.15, -0.1) is 0 Å². The first-order chi connectivity index (χ1) is 13.7. The zero-order valence-electron chi connectivity index (χ0n) is 17.8. The fourth-order valence-electron chi connectivity index (χ4n) is 4.36. The Balaban J connectivity index is 1.60. The molecule has 0 amide bonds. The highest BCUT2D eigenvalue weighted by atomic mass is 16.5. The summed E-state index contributed by atoms with van der Waals surface area (Å²) in [7, 11) is 3.96. The summed E-state index contributed by atoms with van der Waals surface area (Å²) < 4.78 is 5.57. The Hall–Kier alpha value is -1.95. The zero-order valence-corrected chi connectivity index (χ0v) is 17.8. The fourth-order valence-corrected chi connectivity index (χ4v) is 4.36. The molecular weight excluding hydrogens is 350 g/mol. The molecule has 2 heterocycles. The van der Waals surface area contributed by atoms with E-state index in [-0.39, 0.29) is 0 Å². The third-order valence-electron chi connectivity index (χ3n) is 5.76. The predicted molar refractivity (Wildman–Crippen MR) is 118 cm³/mol. The van der Waals surface area contributed by atoms with Gasteiger partial charge in [0.25, 0.3) is 0 Å². The second-order valence-electron chi connectivity index (χ2n) is 8.09. The van der Waals surface area contributed by atoms with Crippen LogP contribution in [0.2, 0.25) is 0 Å². The minimum Gasteiger partial charge on any atom is -0.495 e. The van der Waals surface area contributed by atoms with Crippen molar-refractivity contribution in [2.24, 2.45) is 10.9 Å². The maximum atomic E-state index is 5.57. The van der Waals surface area contributed by atoms with Crippen molar-refractivity contribution in [3.8, 4) is 5.75 Å². The smallest absolute Gasteiger partial charge is 0.191 e. The lowest BCUT2D eigenvalue weighted by Crippen LogP contribution is -2.51. The first-order valence-electron chi connectivity index (χ1n) is 10.8. The molecule has 6 nitrogen and oxygen atoms in total. The highest BCUT2D eigenvalue weighted by Crippen LogP contribution is 2.29. The van der Waals surface area contributed by atoms with Gasteiger partial charge in [0.1, 0.15) is 5.75 Å². The van der Waals surface area contributed by atoms with Crippen molar-refractivity contribution in [3.63, 3.8) is 0 Å². The SMILES string of the molecule is CCNC(=NCC1CCCN(C)C1)NC1CCCN(c2ccccc2OC)C1. The van der Waals surface area contributed by atoms with Gasteiger partial charge < -0.3 is 25.2 Å². The molecule has 2 atom stereocenters. The number of para-hydroxylation sites is 2. The van der Waals surface area contributed by atoms with Gasteiger partial charge in [0.15, 0.2) is 5.96 Å². The van der Waals surface area contributed by atoms with Crippen LogP contribution in [0.5, 0.6) is 5.75 Å². The first kappa shape index (κ1) is 20.8. The van der Waals surface area contributed by atoms with E-state index < -0.39 is 0 Å². The van der Waals surface area contributed by atoms with Crippen LogP contribution in [0.3, 0.4) is 0 Å². The van der Waals surface area contributed by atoms with E-state index in [2.05, 4.69) is 46.5 Å². The van der Waals surface area contributed by atoms with Crippen molar-refractivity contribution >= 4 is 11.6 Å². The van der Waals surface area contributed by atoms with Crippen molar-refractivity contribution in [1.29, 1.82) is 0 Å². The molecule has 2 aliphatic rings. The number of methoxy groups -OCH3 is 1. The maximum Gasteiger partial charge on any atom is 0.191 e. The molecule has 2 N–H and O–H groups in total. The highest BCUT2D eigenvalue weighted by molar-refractivity contribution is 5.80. The molecule has 3 rings (SSSR count). The first-order valence-corrected chi connectivity index (χ1v) is 10.8. The number of anilines is 1. The van der Waals surface area contributed by atoms with E-state index in [9.17, 15) is 0 Å². The van der Waals surface area contributed by atoms with Crippen LogP contribution in [0.25, 0.3) is 0 Å². The summed E-state index contributed by atoms with van der Waals surface area (Å²) in [5, 5.41) is 7.13. The number of nitrogens with one attached hydrogen (secondary N) is 2. The van der Waals surface area contributed by atoms with E-state index in [1.807, 2.05) is 12.1 Å². The summed E-state index contributed by atoms with van der Waals surface area (Å²) in [6.45, 7) is 8.35. The number of likely N-dealkylation sites (tertiary alicyclic amines) is 1. The van der Waals surface area contributed by atoms with E-state index in [0.29, 0.717) is 12.0 Å². The number of rotatable bonds is 6. The van der Waals surface area contributed by atoms with Crippen LogP contribution in [0.1, 0.15) is 32.6 Å². The van der Waals surface area contributed by atoms with E-state index in [4.69, 9.17) is 9.73 Å². The number of piperidine rings is 2. The molecule has 2 aliphatic heterocycles. The largest absolute Gasteiger partial charge is 0.495 e. The van der Waals surface area contributed by atoms with Gasteiger partial charge in [0.05, 0.1) is 12.8 Å². The maximum absolute atomic E-state index is 5.57. The average molecular weight is 388 g/mol. The van der Waals surface area contributed by atoms with E-state index in [1.165, 1.54) is 37.9 Å². The standard InChI is InChI=1S/C22H37N5O/c1-4-23-22(24-15-18-9-7-13-26(2)16-18)25-19-10-8-14-27(17-19)20-11-5-6-12-21(20)28-3/h5-6,11-12,18-19H,4,7-10,13-17H2,1-3H3,(H2,23,24,25). The van der Waals surface area contributed by atoms with Gasteiger partial charge >= 0.3 is 0 Å². The van der Waals surface area contributed by atoms with Crippen LogP contribution in [0.15, 0.2) is 29.3 Å². The molecule has 0 aromatic heterocycles. The zero-order chi connectivity index (χ0) is 19.8. The predicted octanol–water partition coefficient (Wildman–Crippen LogP) is 2.56. The molecule has 2 fully saturated rings. The van der Waals surface area contributed by atoms with Crippen molar-refractivity contribution in [3.05, 3.63) is 24.3 Å². The Labute approximate surface area is 170 Å². The molecule has 0 saturated carbocycles. The van der Waals surface area contributed by atoms with Crippen LogP contribution in [-0.4, -0.2) is 70.3 Å². The normalized spacial score (nSPS) is 24.1. The summed E-state index contributed by atoms with van der Waals surface area (Å²) in [6, 6.07) is 8.70. The number of ether oxygens (including phenoxy) is 1. The van der Waals surface area contributed by atoms with Gasteiger partial charge in [0, 0.05) is 38.8 Å². The number of aliphatic imine (C=N–C) groups is 1. The third-order valence-corrected chi connectivity index (χ3v) is 5.76. The van der Waals surface area contributed by atoms with Gasteiger partial charge in [-0.2, -0.15) is 0 Å². The second kappa shape index (κ2) is 10.6. The van der Waals surface area contributed by atoms with Gasteiger partial charge in [-0.1, -0.05) is 12.1 Å². The van der Waals surface area contributed by atoms with Crippen LogP contribution in [0.4, 0.5) is 5.69 Å². The Morgan fingerprint density at radius 3 is 2.79 bits per heavy atom. The average Bonchev–Trinajstić information content (AvgIpc) is 2.72. The molecule has 0 radical (unpaired) electrons. The van der Waals surface area contributed by atoms with E-state index in [0.717, 1.165) is 44.4 Å². The van der Waals surface area contributed by atoms with Crippen LogP contribution >= 0.6 is 0 Å². The van der Waals surface area contributed by atoms with Crippen molar-refractivity contribution in [1.82, 2.24) is 15.5 Å². The third kappa shape index (κ3) is 5.77. The summed E-state index contributed by atoms with van der Waals surface area (Å²) in [4.78, 5) is 9.78. The van der Waals surface area contributed by atoms with Crippen molar-refractivity contribution in [2.45, 2.75) is 38.6 Å². The van der Waals surface area contributed by atoms with Crippen molar-refractivity contribution < 1.29 is 4.74 Å². The van der Waals surface area contributed by atoms with Crippen LogP contribution in [-0.2, 0) is 0 Å². The van der Waals surface area contributed by atoms with E-state index in [1.54, 1.807) is 7.11 Å². The van der Waals surface area contributed by atoms with Crippen LogP contribution < -0.4 is 20.3 Å². The summed E-state index contributed by atoms with van der Waals surface area (Å²) in [5.74, 6) is 2.58. The van der Waals surface area contributed by atoms with Crippen molar-refractivity contribution in [2.75, 3.05) is 58.3 Å². The molecule has 2 unspecified atom stereocenters. The molecule has 0 bridgehead atoms. The Kier molecular flexibility index (Phi) is 7.83. The summed E-state index contributed by atoms with van der Waals surface area (Å²) >= 11 is 0. The molecule has 2 saturated heterocycles. The monoisotopic (exact) mass is 387 g/mol. The number of hydrogen-bond acceptors (Lipinski definition) is 4. The fraction of sp³-hybridized carbons (Fsp3) is 0.682. The summed E-state index contributed by atoms with van der Waals surface area (Å²) in [5.41, 5.74) is 1.18. The van der Waals surface area contributed by atoms with Gasteiger partial charge in [-0.25, -0.2) is 0 Å². The lowest BCUT2D eigenvalue weighted by molar-refractivity contribution is 0.214. The lowest BCUT2D eigenvalue weighted by Gasteiger charge is -2.36. The summed E-state index contributed by atoms with van der Waals surface area (Å²) in [6.07, 6.45) is 4.92. The van der Waals surface area contributed by atoms with Gasteiger partial charge in [-0.05, 0) is 64.3 Å². The number of benzene rings is 1. The van der Waals surface area contributed by atoms with Crippen LogP contribution in [0, 0.1) is 5.92 Å². The minimum absolute atomic E-state index is 0.394. The van der Waals surface area contributed by atoms with Gasteiger partial charge in [0.2, 0.25) is 0 Å². The molecule has 1 aromatic carbocycles. The quantitative estimate of drug-likeness (QED) is 0.580. The lowest BCUT2D eigenvalue weighted by atomic mass is 9.99. The molecular formula is C22H37N5O. The number of hydrogen-bond donors (Lipinski definition) is 2. The minimum atomic E-state index is 0.394. The van der Waals surface area contributed by atoms with E-state index >= 15 is 0 Å². The number of nitrogens with zero attached hydrogens (tertiary/aromatic N) is 3. The molecule has 0 spiro atoms. The Morgan fingerprint density at radius 2 is 2.00 bits per heavy atom. The number of guanidine groups is 1. The molecule has 28 heavy (non-hydrogen) atoms. The second-order valence-corrected chi connectivity index (χ2v) is 8.09. The highest BCUT2D eigenvalue weighted by Gasteiger charge is 2.23.